The number of carbonyl (C=O) groups excluding carboxylic acids is 1. The summed E-state index contributed by atoms with van der Waals surface area (Å²) >= 11 is 1.27. The molecule has 2 aromatic carbocycles. The van der Waals surface area contributed by atoms with Gasteiger partial charge in [-0.15, -0.1) is 6.58 Å². The highest BCUT2D eigenvalue weighted by atomic mass is 32.2. The fraction of sp³-hybridized carbons (Fsp3) is 0.238. The number of aromatic nitrogens is 1. The van der Waals surface area contributed by atoms with Crippen molar-refractivity contribution in [1.29, 1.82) is 0 Å². The van der Waals surface area contributed by atoms with Crippen molar-refractivity contribution < 1.29 is 22.7 Å². The predicted molar refractivity (Wildman–Crippen MR) is 118 cm³/mol. The Kier molecular flexibility index (Phi) is 6.73. The van der Waals surface area contributed by atoms with E-state index in [-0.39, 0.29) is 5.75 Å². The van der Waals surface area contributed by atoms with E-state index in [1.54, 1.807) is 67.3 Å². The van der Waals surface area contributed by atoms with E-state index in [9.17, 15) is 13.2 Å². The van der Waals surface area contributed by atoms with E-state index in [1.807, 2.05) is 0 Å². The van der Waals surface area contributed by atoms with Gasteiger partial charge in [-0.2, -0.15) is 4.99 Å². The summed E-state index contributed by atoms with van der Waals surface area (Å²) in [4.78, 5) is 16.9. The lowest BCUT2D eigenvalue weighted by atomic mass is 10.2. The normalized spacial score (nSPS) is 12.1. The number of rotatable bonds is 8. The first-order valence-electron chi connectivity index (χ1n) is 9.05. The highest BCUT2D eigenvalue weighted by Gasteiger charge is 2.18. The molecule has 0 aliphatic carbocycles. The SMILES string of the molecule is C=CCn1c(=NC(=O)CS(=O)(=O)Cc2ccccc2)sc2cc(OC)c(OC)cc21. The van der Waals surface area contributed by atoms with E-state index in [0.717, 1.165) is 10.2 Å². The number of hydrogen-bond acceptors (Lipinski definition) is 6. The Bertz CT molecular complexity index is 1240. The molecule has 0 spiro atoms. The van der Waals surface area contributed by atoms with Crippen LogP contribution in [0.3, 0.4) is 0 Å². The minimum atomic E-state index is -3.64. The number of nitrogens with zero attached hydrogens (tertiary/aromatic N) is 2. The Balaban J connectivity index is 1.96. The van der Waals surface area contributed by atoms with Crippen LogP contribution in [0.4, 0.5) is 0 Å². The molecule has 0 fully saturated rings. The van der Waals surface area contributed by atoms with Crippen LogP contribution in [0.1, 0.15) is 5.56 Å². The van der Waals surface area contributed by atoms with Gasteiger partial charge in [-0.25, -0.2) is 8.42 Å². The minimum Gasteiger partial charge on any atom is -0.493 e. The maximum absolute atomic E-state index is 12.5. The van der Waals surface area contributed by atoms with Crippen molar-refractivity contribution >= 4 is 37.3 Å². The molecular formula is C21H22N2O5S2. The van der Waals surface area contributed by atoms with Gasteiger partial charge in [0.1, 0.15) is 5.75 Å². The number of allylic oxidation sites excluding steroid dienone is 1. The molecule has 0 N–H and O–H groups in total. The number of benzene rings is 2. The second-order valence-electron chi connectivity index (χ2n) is 6.48. The molecule has 3 aromatic rings. The number of ether oxygens (including phenoxy) is 2. The molecule has 0 bridgehead atoms. The Labute approximate surface area is 178 Å². The van der Waals surface area contributed by atoms with Gasteiger partial charge in [0.2, 0.25) is 0 Å². The molecule has 7 nitrogen and oxygen atoms in total. The lowest BCUT2D eigenvalue weighted by Gasteiger charge is -2.08. The minimum absolute atomic E-state index is 0.206. The second kappa shape index (κ2) is 9.27. The second-order valence-corrected chi connectivity index (χ2v) is 9.56. The zero-order valence-electron chi connectivity index (χ0n) is 16.7. The van der Waals surface area contributed by atoms with Gasteiger partial charge in [-0.3, -0.25) is 4.79 Å². The summed E-state index contributed by atoms with van der Waals surface area (Å²) in [6, 6.07) is 12.3. The zero-order valence-corrected chi connectivity index (χ0v) is 18.3. The summed E-state index contributed by atoms with van der Waals surface area (Å²) in [6.07, 6.45) is 1.68. The van der Waals surface area contributed by atoms with Crippen LogP contribution in [-0.4, -0.2) is 38.9 Å². The van der Waals surface area contributed by atoms with Crippen LogP contribution in [0.5, 0.6) is 11.5 Å². The lowest BCUT2D eigenvalue weighted by molar-refractivity contribution is -0.115. The van der Waals surface area contributed by atoms with Crippen molar-refractivity contribution in [2.45, 2.75) is 12.3 Å². The third-order valence-corrected chi connectivity index (χ3v) is 6.79. The van der Waals surface area contributed by atoms with E-state index in [4.69, 9.17) is 9.47 Å². The summed E-state index contributed by atoms with van der Waals surface area (Å²) in [7, 11) is -0.553. The monoisotopic (exact) mass is 446 g/mol. The Hall–Kier alpha value is -2.91. The van der Waals surface area contributed by atoms with Crippen molar-refractivity contribution in [3.05, 3.63) is 65.5 Å². The van der Waals surface area contributed by atoms with Gasteiger partial charge in [-0.05, 0) is 5.56 Å². The first kappa shape index (κ1) is 21.8. The molecule has 0 aliphatic rings. The molecule has 30 heavy (non-hydrogen) atoms. The number of amides is 1. The molecule has 3 rings (SSSR count). The van der Waals surface area contributed by atoms with Gasteiger partial charge in [0.15, 0.2) is 26.1 Å². The fourth-order valence-electron chi connectivity index (χ4n) is 2.99. The average molecular weight is 447 g/mol. The van der Waals surface area contributed by atoms with Crippen molar-refractivity contribution in [1.82, 2.24) is 4.57 Å². The molecule has 0 saturated heterocycles. The standard InChI is InChI=1S/C21H22N2O5S2/c1-4-10-23-16-11-17(27-2)18(28-3)12-19(16)29-21(23)22-20(24)14-30(25,26)13-15-8-6-5-7-9-15/h4-9,11-12H,1,10,13-14H2,2-3H3. The van der Waals surface area contributed by atoms with Gasteiger partial charge in [0.05, 0.1) is 30.2 Å². The molecule has 0 aliphatic heterocycles. The van der Waals surface area contributed by atoms with Crippen LogP contribution in [0.25, 0.3) is 10.2 Å². The molecule has 1 heterocycles. The van der Waals surface area contributed by atoms with Crippen molar-refractivity contribution in [3.8, 4) is 11.5 Å². The van der Waals surface area contributed by atoms with Gasteiger partial charge in [0, 0.05) is 18.7 Å². The van der Waals surface area contributed by atoms with E-state index in [1.165, 1.54) is 11.3 Å². The first-order valence-corrected chi connectivity index (χ1v) is 11.7. The highest BCUT2D eigenvalue weighted by molar-refractivity contribution is 7.91. The molecule has 0 radical (unpaired) electrons. The van der Waals surface area contributed by atoms with E-state index >= 15 is 0 Å². The predicted octanol–water partition coefficient (Wildman–Crippen LogP) is 2.95. The van der Waals surface area contributed by atoms with Gasteiger partial charge < -0.3 is 14.0 Å². The third kappa shape index (κ3) is 4.98. The summed E-state index contributed by atoms with van der Waals surface area (Å²) in [5.74, 6) is -0.474. The Morgan fingerprint density at radius 3 is 2.47 bits per heavy atom. The quantitative estimate of drug-likeness (QED) is 0.497. The van der Waals surface area contributed by atoms with E-state index in [2.05, 4.69) is 11.6 Å². The van der Waals surface area contributed by atoms with Crippen LogP contribution in [0, 0.1) is 0 Å². The average Bonchev–Trinajstić information content (AvgIpc) is 3.02. The summed E-state index contributed by atoms with van der Waals surface area (Å²) in [6.45, 7) is 4.15. The van der Waals surface area contributed by atoms with Crippen LogP contribution in [0.2, 0.25) is 0 Å². The van der Waals surface area contributed by atoms with Crippen LogP contribution < -0.4 is 14.3 Å². The molecule has 158 valence electrons. The van der Waals surface area contributed by atoms with Gasteiger partial charge in [0.25, 0.3) is 5.91 Å². The van der Waals surface area contributed by atoms with E-state index < -0.39 is 21.5 Å². The topological polar surface area (TPSA) is 87.0 Å². The smallest absolute Gasteiger partial charge is 0.263 e. The van der Waals surface area contributed by atoms with Gasteiger partial charge >= 0.3 is 0 Å². The van der Waals surface area contributed by atoms with Crippen LogP contribution in [-0.2, 0) is 26.9 Å². The molecule has 1 amide bonds. The largest absolute Gasteiger partial charge is 0.493 e. The van der Waals surface area contributed by atoms with Crippen molar-refractivity contribution in [2.24, 2.45) is 4.99 Å². The zero-order chi connectivity index (χ0) is 21.7. The summed E-state index contributed by atoms with van der Waals surface area (Å²) < 4.78 is 38.1. The summed E-state index contributed by atoms with van der Waals surface area (Å²) in [5, 5.41) is 0. The molecule has 9 heteroatoms. The van der Waals surface area contributed by atoms with Gasteiger partial charge in [-0.1, -0.05) is 47.7 Å². The molecule has 0 saturated carbocycles. The number of fused-ring (bicyclic) bond motifs is 1. The summed E-state index contributed by atoms with van der Waals surface area (Å²) in [5.41, 5.74) is 1.42. The molecule has 0 unspecified atom stereocenters. The number of thiazole rings is 1. The number of hydrogen-bond donors (Lipinski definition) is 0. The first-order chi connectivity index (χ1) is 14.4. The fourth-order valence-corrected chi connectivity index (χ4v) is 5.30. The number of sulfone groups is 1. The maximum Gasteiger partial charge on any atom is 0.263 e. The maximum atomic E-state index is 12.5. The van der Waals surface area contributed by atoms with Crippen molar-refractivity contribution in [2.75, 3.05) is 20.0 Å². The Morgan fingerprint density at radius 2 is 1.83 bits per heavy atom. The van der Waals surface area contributed by atoms with Crippen LogP contribution in [0.15, 0.2) is 60.1 Å². The molecule has 1 aromatic heterocycles. The van der Waals surface area contributed by atoms with E-state index in [0.29, 0.717) is 28.4 Å². The van der Waals surface area contributed by atoms with Crippen molar-refractivity contribution in [3.63, 3.8) is 0 Å². The number of methoxy groups -OCH3 is 2. The lowest BCUT2D eigenvalue weighted by Crippen LogP contribution is -2.21. The Morgan fingerprint density at radius 1 is 1.17 bits per heavy atom. The molecular weight excluding hydrogens is 424 g/mol. The highest BCUT2D eigenvalue weighted by Crippen LogP contribution is 2.33. The van der Waals surface area contributed by atoms with Crippen LogP contribution >= 0.6 is 11.3 Å². The number of carbonyl (C=O) groups is 1. The molecule has 0 atom stereocenters. The third-order valence-electron chi connectivity index (χ3n) is 4.29.